The molecule has 2 aliphatic heterocycles. The highest BCUT2D eigenvalue weighted by Crippen LogP contribution is 2.36. The Hall–Kier alpha value is -1.96. The molecule has 27 heavy (non-hydrogen) atoms. The third kappa shape index (κ3) is 5.76. The Kier molecular flexibility index (Phi) is 7.77. The molecule has 2 saturated heterocycles. The molecule has 0 spiro atoms. The summed E-state index contributed by atoms with van der Waals surface area (Å²) < 4.78 is 5.70. The number of carbonyl (C=O) groups excluding carboxylic acids is 1. The Morgan fingerprint density at radius 3 is 2.15 bits per heavy atom. The molecule has 7 heteroatoms. The molecule has 2 fully saturated rings. The fourth-order valence-electron chi connectivity index (χ4n) is 3.71. The summed E-state index contributed by atoms with van der Waals surface area (Å²) in [5, 5.41) is 25.3. The summed E-state index contributed by atoms with van der Waals surface area (Å²) in [7, 11) is 2.17. The lowest BCUT2D eigenvalue weighted by molar-refractivity contribution is -0.155. The van der Waals surface area contributed by atoms with E-state index >= 15 is 0 Å². The SMILES string of the molecule is CC(O)C(=O)O.CN1C2CCC1CC(OC(=O)C(CO)c1ccccc1)C2. The quantitative estimate of drug-likeness (QED) is 0.664. The lowest BCUT2D eigenvalue weighted by atomic mass is 9.98. The third-order valence-electron chi connectivity index (χ3n) is 5.36. The molecule has 3 N–H and O–H groups in total. The average molecular weight is 379 g/mol. The molecule has 2 aliphatic rings. The second-order valence-corrected chi connectivity index (χ2v) is 7.24. The number of aliphatic hydroxyl groups is 2. The molecule has 2 bridgehead atoms. The van der Waals surface area contributed by atoms with Crippen molar-refractivity contribution in [1.82, 2.24) is 4.90 Å². The Balaban J connectivity index is 0.000000380. The highest BCUT2D eigenvalue weighted by atomic mass is 16.5. The van der Waals surface area contributed by atoms with Gasteiger partial charge in [-0.2, -0.15) is 0 Å². The predicted octanol–water partition coefficient (Wildman–Crippen LogP) is 1.38. The van der Waals surface area contributed by atoms with E-state index in [4.69, 9.17) is 14.9 Å². The van der Waals surface area contributed by atoms with Crippen LogP contribution in [0.15, 0.2) is 30.3 Å². The molecule has 0 aromatic heterocycles. The number of rotatable bonds is 5. The minimum absolute atomic E-state index is 0.00367. The second-order valence-electron chi connectivity index (χ2n) is 7.24. The lowest BCUT2D eigenvalue weighted by Crippen LogP contribution is -2.43. The van der Waals surface area contributed by atoms with Crippen molar-refractivity contribution in [3.63, 3.8) is 0 Å². The molecule has 0 aliphatic carbocycles. The largest absolute Gasteiger partial charge is 0.479 e. The van der Waals surface area contributed by atoms with E-state index in [2.05, 4.69) is 11.9 Å². The first-order chi connectivity index (χ1) is 12.8. The number of hydrogen-bond acceptors (Lipinski definition) is 6. The van der Waals surface area contributed by atoms with Crippen molar-refractivity contribution in [1.29, 1.82) is 0 Å². The van der Waals surface area contributed by atoms with Gasteiger partial charge < -0.3 is 25.0 Å². The predicted molar refractivity (Wildman–Crippen MR) is 99.3 cm³/mol. The van der Waals surface area contributed by atoms with Crippen LogP contribution in [0.1, 0.15) is 44.1 Å². The van der Waals surface area contributed by atoms with Crippen LogP contribution in [0.3, 0.4) is 0 Å². The number of benzene rings is 1. The molecule has 1 aromatic carbocycles. The first kappa shape index (κ1) is 21.3. The van der Waals surface area contributed by atoms with Crippen LogP contribution in [-0.2, 0) is 14.3 Å². The number of hydrogen-bond donors (Lipinski definition) is 3. The standard InChI is InChI=1S/C17H23NO3.C3H6O3/c1-18-13-7-8-14(18)10-15(9-13)21-17(20)16(11-19)12-5-3-2-4-6-12;1-2(4)3(5)6/h2-6,13-16,19H,7-11H2,1H3;2,4H,1H3,(H,5,6). The van der Waals surface area contributed by atoms with Crippen molar-refractivity contribution in [2.45, 2.75) is 62.8 Å². The summed E-state index contributed by atoms with van der Waals surface area (Å²) >= 11 is 0. The summed E-state index contributed by atoms with van der Waals surface area (Å²) in [6, 6.07) is 10.5. The number of esters is 1. The molecule has 150 valence electrons. The number of carbonyl (C=O) groups is 2. The minimum atomic E-state index is -1.23. The topological polar surface area (TPSA) is 107 Å². The number of aliphatic carboxylic acids is 1. The van der Waals surface area contributed by atoms with E-state index in [1.807, 2.05) is 30.3 Å². The van der Waals surface area contributed by atoms with Crippen molar-refractivity contribution in [3.05, 3.63) is 35.9 Å². The van der Waals surface area contributed by atoms with Crippen LogP contribution in [0.4, 0.5) is 0 Å². The number of ether oxygens (including phenoxy) is 1. The highest BCUT2D eigenvalue weighted by Gasteiger charge is 2.40. The normalized spacial score (nSPS) is 26.4. The Morgan fingerprint density at radius 1 is 1.19 bits per heavy atom. The van der Waals surface area contributed by atoms with Gasteiger partial charge in [-0.3, -0.25) is 4.79 Å². The summed E-state index contributed by atoms with van der Waals surface area (Å²) in [4.78, 5) is 24.2. The number of carboxylic acids is 1. The highest BCUT2D eigenvalue weighted by molar-refractivity contribution is 5.78. The van der Waals surface area contributed by atoms with Gasteiger partial charge in [0, 0.05) is 12.1 Å². The van der Waals surface area contributed by atoms with E-state index in [1.165, 1.54) is 19.8 Å². The van der Waals surface area contributed by atoms with Gasteiger partial charge in [0.2, 0.25) is 0 Å². The molecular formula is C20H29NO6. The zero-order valence-corrected chi connectivity index (χ0v) is 15.8. The van der Waals surface area contributed by atoms with Gasteiger partial charge in [0.05, 0.1) is 6.61 Å². The maximum Gasteiger partial charge on any atom is 0.332 e. The molecule has 0 saturated carbocycles. The van der Waals surface area contributed by atoms with Gasteiger partial charge in [-0.05, 0) is 45.2 Å². The molecule has 2 heterocycles. The van der Waals surface area contributed by atoms with Crippen molar-refractivity contribution in [2.75, 3.05) is 13.7 Å². The molecule has 4 atom stereocenters. The van der Waals surface area contributed by atoms with Crippen molar-refractivity contribution < 1.29 is 29.6 Å². The molecule has 1 aromatic rings. The zero-order valence-electron chi connectivity index (χ0n) is 15.8. The minimum Gasteiger partial charge on any atom is -0.479 e. The molecule has 7 nitrogen and oxygen atoms in total. The van der Waals surface area contributed by atoms with Crippen LogP contribution in [0.5, 0.6) is 0 Å². The van der Waals surface area contributed by atoms with Gasteiger partial charge in [-0.1, -0.05) is 30.3 Å². The van der Waals surface area contributed by atoms with Gasteiger partial charge in [-0.15, -0.1) is 0 Å². The molecule has 0 radical (unpaired) electrons. The Bertz CT molecular complexity index is 606. The number of nitrogens with zero attached hydrogens (tertiary/aromatic N) is 1. The van der Waals surface area contributed by atoms with Crippen LogP contribution < -0.4 is 0 Å². The zero-order chi connectivity index (χ0) is 20.0. The van der Waals surface area contributed by atoms with E-state index in [0.717, 1.165) is 18.4 Å². The van der Waals surface area contributed by atoms with Crippen molar-refractivity contribution in [2.24, 2.45) is 0 Å². The fraction of sp³-hybridized carbons (Fsp3) is 0.600. The smallest absolute Gasteiger partial charge is 0.332 e. The molecule has 3 rings (SSSR count). The van der Waals surface area contributed by atoms with Gasteiger partial charge in [0.1, 0.15) is 18.1 Å². The first-order valence-corrected chi connectivity index (χ1v) is 9.32. The second kappa shape index (κ2) is 9.82. The fourth-order valence-corrected chi connectivity index (χ4v) is 3.71. The van der Waals surface area contributed by atoms with Crippen LogP contribution in [0.25, 0.3) is 0 Å². The van der Waals surface area contributed by atoms with E-state index in [-0.39, 0.29) is 18.7 Å². The first-order valence-electron chi connectivity index (χ1n) is 9.32. The Morgan fingerprint density at radius 2 is 1.70 bits per heavy atom. The average Bonchev–Trinajstić information content (AvgIpc) is 2.84. The molecule has 4 unspecified atom stereocenters. The summed E-state index contributed by atoms with van der Waals surface area (Å²) in [5.41, 5.74) is 0.820. The van der Waals surface area contributed by atoms with Crippen LogP contribution in [0, 0.1) is 0 Å². The van der Waals surface area contributed by atoms with Gasteiger partial charge in [-0.25, -0.2) is 4.79 Å². The molecule has 0 amide bonds. The summed E-state index contributed by atoms with van der Waals surface area (Å²) in [6.45, 7) is 0.991. The van der Waals surface area contributed by atoms with Crippen LogP contribution in [0.2, 0.25) is 0 Å². The van der Waals surface area contributed by atoms with Crippen LogP contribution >= 0.6 is 0 Å². The van der Waals surface area contributed by atoms with Crippen LogP contribution in [-0.4, -0.2) is 70.1 Å². The number of piperidine rings is 1. The summed E-state index contributed by atoms with van der Waals surface area (Å²) in [5.74, 6) is -2.05. The monoisotopic (exact) mass is 379 g/mol. The maximum atomic E-state index is 12.4. The maximum absolute atomic E-state index is 12.4. The van der Waals surface area contributed by atoms with Gasteiger partial charge in [0.25, 0.3) is 0 Å². The van der Waals surface area contributed by atoms with E-state index in [9.17, 15) is 14.7 Å². The molecular weight excluding hydrogens is 350 g/mol. The number of carboxylic acid groups (broad SMARTS) is 1. The Labute approximate surface area is 159 Å². The number of fused-ring (bicyclic) bond motifs is 2. The third-order valence-corrected chi connectivity index (χ3v) is 5.36. The van der Waals surface area contributed by atoms with E-state index < -0.39 is 18.0 Å². The van der Waals surface area contributed by atoms with E-state index in [0.29, 0.717) is 12.1 Å². The van der Waals surface area contributed by atoms with Crippen molar-refractivity contribution in [3.8, 4) is 0 Å². The van der Waals surface area contributed by atoms with Gasteiger partial charge >= 0.3 is 11.9 Å². The van der Waals surface area contributed by atoms with Crippen molar-refractivity contribution >= 4 is 11.9 Å². The summed E-state index contributed by atoms with van der Waals surface area (Å²) in [6.07, 6.45) is 3.03. The van der Waals surface area contributed by atoms with Gasteiger partial charge in [0.15, 0.2) is 0 Å². The lowest BCUT2D eigenvalue weighted by Gasteiger charge is -2.36. The number of aliphatic hydroxyl groups excluding tert-OH is 2. The van der Waals surface area contributed by atoms with E-state index in [1.54, 1.807) is 0 Å².